The monoisotopic (exact) mass is 365 g/mol. The number of piperazine rings is 1. The SMILES string of the molecule is CC(C)c1nc(CN2CCNCC23CCCCC3)cs1.Cl.Cl. The van der Waals surface area contributed by atoms with Crippen LogP contribution in [0.15, 0.2) is 5.38 Å². The third kappa shape index (κ3) is 4.35. The molecular formula is C16H29Cl2N3S. The second-order valence-corrected chi connectivity index (χ2v) is 7.60. The Morgan fingerprint density at radius 2 is 2.00 bits per heavy atom. The van der Waals surface area contributed by atoms with Crippen LogP contribution in [0.5, 0.6) is 0 Å². The first-order valence-electron chi connectivity index (χ1n) is 8.10. The second kappa shape index (κ2) is 8.84. The van der Waals surface area contributed by atoms with E-state index in [4.69, 9.17) is 4.98 Å². The summed E-state index contributed by atoms with van der Waals surface area (Å²) in [4.78, 5) is 7.56. The van der Waals surface area contributed by atoms with E-state index in [-0.39, 0.29) is 24.8 Å². The van der Waals surface area contributed by atoms with Crippen LogP contribution >= 0.6 is 36.2 Å². The maximum atomic E-state index is 4.84. The molecule has 1 aliphatic carbocycles. The predicted molar refractivity (Wildman–Crippen MR) is 99.8 cm³/mol. The third-order valence-corrected chi connectivity index (χ3v) is 6.08. The highest BCUT2D eigenvalue weighted by molar-refractivity contribution is 7.09. The molecule has 6 heteroatoms. The van der Waals surface area contributed by atoms with Gasteiger partial charge in [0.15, 0.2) is 0 Å². The Balaban J connectivity index is 0.00000121. The third-order valence-electron chi connectivity index (χ3n) is 4.88. The van der Waals surface area contributed by atoms with E-state index in [1.165, 1.54) is 55.9 Å². The van der Waals surface area contributed by atoms with Gasteiger partial charge in [-0.2, -0.15) is 0 Å². The van der Waals surface area contributed by atoms with Crippen molar-refractivity contribution in [1.29, 1.82) is 0 Å². The van der Waals surface area contributed by atoms with Crippen molar-refractivity contribution in [2.24, 2.45) is 0 Å². The van der Waals surface area contributed by atoms with Gasteiger partial charge in [0.2, 0.25) is 0 Å². The van der Waals surface area contributed by atoms with Gasteiger partial charge in [-0.3, -0.25) is 4.90 Å². The van der Waals surface area contributed by atoms with Gasteiger partial charge in [-0.1, -0.05) is 33.1 Å². The number of nitrogens with one attached hydrogen (secondary N) is 1. The lowest BCUT2D eigenvalue weighted by atomic mass is 9.79. The zero-order valence-corrected chi connectivity index (χ0v) is 16.1. The summed E-state index contributed by atoms with van der Waals surface area (Å²) in [6.45, 7) is 8.99. The summed E-state index contributed by atoms with van der Waals surface area (Å²) in [5, 5.41) is 7.18. The van der Waals surface area contributed by atoms with E-state index in [1.807, 2.05) is 11.3 Å². The van der Waals surface area contributed by atoms with E-state index in [0.717, 1.165) is 13.1 Å². The molecule has 1 spiro atoms. The standard InChI is InChI=1S/C16H27N3S.2ClH/c1-13(2)15-18-14(11-20-15)10-19-9-8-17-12-16(19)6-4-3-5-7-16;;/h11,13,17H,3-10,12H2,1-2H3;2*1H. The van der Waals surface area contributed by atoms with Crippen molar-refractivity contribution in [2.75, 3.05) is 19.6 Å². The maximum absolute atomic E-state index is 4.84. The summed E-state index contributed by atoms with van der Waals surface area (Å²) in [7, 11) is 0. The van der Waals surface area contributed by atoms with Crippen molar-refractivity contribution in [3.8, 4) is 0 Å². The van der Waals surface area contributed by atoms with Crippen LogP contribution in [0.1, 0.15) is 62.6 Å². The van der Waals surface area contributed by atoms with Gasteiger partial charge in [0.1, 0.15) is 0 Å². The van der Waals surface area contributed by atoms with Crippen molar-refractivity contribution in [3.05, 3.63) is 16.1 Å². The van der Waals surface area contributed by atoms with Crippen molar-refractivity contribution >= 4 is 36.2 Å². The molecule has 0 atom stereocenters. The Hall–Kier alpha value is 0.130. The van der Waals surface area contributed by atoms with Gasteiger partial charge in [-0.15, -0.1) is 36.2 Å². The molecular weight excluding hydrogens is 337 g/mol. The minimum absolute atomic E-state index is 0. The molecule has 1 saturated heterocycles. The topological polar surface area (TPSA) is 28.2 Å². The van der Waals surface area contributed by atoms with E-state index in [9.17, 15) is 0 Å². The van der Waals surface area contributed by atoms with Crippen LogP contribution in [-0.2, 0) is 6.54 Å². The van der Waals surface area contributed by atoms with Crippen LogP contribution < -0.4 is 5.32 Å². The summed E-state index contributed by atoms with van der Waals surface area (Å²) in [6.07, 6.45) is 6.94. The Kier molecular flexibility index (Phi) is 8.10. The minimum atomic E-state index is 0. The quantitative estimate of drug-likeness (QED) is 0.868. The molecule has 2 heterocycles. The molecule has 0 bridgehead atoms. The summed E-state index contributed by atoms with van der Waals surface area (Å²) < 4.78 is 0. The van der Waals surface area contributed by atoms with Crippen molar-refractivity contribution < 1.29 is 0 Å². The smallest absolute Gasteiger partial charge is 0.0954 e. The fourth-order valence-electron chi connectivity index (χ4n) is 3.69. The Labute approximate surface area is 151 Å². The van der Waals surface area contributed by atoms with Gasteiger partial charge >= 0.3 is 0 Å². The summed E-state index contributed by atoms with van der Waals surface area (Å²) in [6, 6.07) is 0. The number of thiazole rings is 1. The van der Waals surface area contributed by atoms with E-state index in [1.54, 1.807) is 0 Å². The Morgan fingerprint density at radius 1 is 1.27 bits per heavy atom. The average molecular weight is 366 g/mol. The lowest BCUT2D eigenvalue weighted by Gasteiger charge is -2.49. The Morgan fingerprint density at radius 3 is 2.64 bits per heavy atom. The molecule has 0 amide bonds. The molecule has 0 aromatic carbocycles. The molecule has 3 nitrogen and oxygen atoms in total. The fourth-order valence-corrected chi connectivity index (χ4v) is 4.52. The number of nitrogens with zero attached hydrogens (tertiary/aromatic N) is 2. The molecule has 22 heavy (non-hydrogen) atoms. The number of halogens is 2. The molecule has 1 aliphatic heterocycles. The molecule has 2 aliphatic rings. The maximum Gasteiger partial charge on any atom is 0.0954 e. The molecule has 1 aromatic heterocycles. The molecule has 2 fully saturated rings. The van der Waals surface area contributed by atoms with Crippen LogP contribution in [0.25, 0.3) is 0 Å². The van der Waals surface area contributed by atoms with E-state index < -0.39 is 0 Å². The minimum Gasteiger partial charge on any atom is -0.314 e. The predicted octanol–water partition coefficient (Wildman–Crippen LogP) is 4.22. The van der Waals surface area contributed by atoms with Crippen molar-refractivity contribution in [3.63, 3.8) is 0 Å². The summed E-state index contributed by atoms with van der Waals surface area (Å²) in [5.74, 6) is 0.556. The first-order chi connectivity index (χ1) is 9.70. The lowest BCUT2D eigenvalue weighted by molar-refractivity contribution is 0.0200. The molecule has 128 valence electrons. The highest BCUT2D eigenvalue weighted by atomic mass is 35.5. The van der Waals surface area contributed by atoms with Crippen molar-refractivity contribution in [1.82, 2.24) is 15.2 Å². The fraction of sp³-hybridized carbons (Fsp3) is 0.812. The number of hydrogen-bond acceptors (Lipinski definition) is 4. The molecule has 0 radical (unpaired) electrons. The Bertz CT molecular complexity index is 436. The van der Waals surface area contributed by atoms with Gasteiger partial charge in [-0.25, -0.2) is 4.98 Å². The second-order valence-electron chi connectivity index (χ2n) is 6.72. The van der Waals surface area contributed by atoms with Crippen LogP contribution in [0.3, 0.4) is 0 Å². The van der Waals surface area contributed by atoms with Gasteiger partial charge in [0.25, 0.3) is 0 Å². The number of aromatic nitrogens is 1. The van der Waals surface area contributed by atoms with Gasteiger partial charge < -0.3 is 5.32 Å². The van der Waals surface area contributed by atoms with E-state index in [2.05, 4.69) is 29.4 Å². The molecule has 1 N–H and O–H groups in total. The van der Waals surface area contributed by atoms with Gasteiger partial charge in [-0.05, 0) is 12.8 Å². The molecule has 1 aromatic rings. The van der Waals surface area contributed by atoms with E-state index in [0.29, 0.717) is 11.5 Å². The number of rotatable bonds is 3. The zero-order chi connectivity index (χ0) is 14.0. The van der Waals surface area contributed by atoms with Crippen LogP contribution in [-0.4, -0.2) is 35.1 Å². The summed E-state index contributed by atoms with van der Waals surface area (Å²) in [5.41, 5.74) is 1.70. The molecule has 3 rings (SSSR count). The van der Waals surface area contributed by atoms with Crippen LogP contribution in [0, 0.1) is 0 Å². The van der Waals surface area contributed by atoms with Crippen LogP contribution in [0.4, 0.5) is 0 Å². The first kappa shape index (κ1) is 20.2. The largest absolute Gasteiger partial charge is 0.314 e. The van der Waals surface area contributed by atoms with Crippen molar-refractivity contribution in [2.45, 2.75) is 64.0 Å². The molecule has 0 unspecified atom stereocenters. The summed E-state index contributed by atoms with van der Waals surface area (Å²) >= 11 is 1.83. The van der Waals surface area contributed by atoms with Gasteiger partial charge in [0, 0.05) is 43.0 Å². The molecule has 1 saturated carbocycles. The number of hydrogen-bond donors (Lipinski definition) is 1. The highest BCUT2D eigenvalue weighted by Gasteiger charge is 2.39. The first-order valence-corrected chi connectivity index (χ1v) is 8.98. The normalized spacial score (nSPS) is 21.4. The van der Waals surface area contributed by atoms with E-state index >= 15 is 0 Å². The average Bonchev–Trinajstić information content (AvgIpc) is 2.91. The van der Waals surface area contributed by atoms with Gasteiger partial charge in [0.05, 0.1) is 10.7 Å². The van der Waals surface area contributed by atoms with Crippen LogP contribution in [0.2, 0.25) is 0 Å². The highest BCUT2D eigenvalue weighted by Crippen LogP contribution is 2.35. The lowest BCUT2D eigenvalue weighted by Crippen LogP contribution is -2.61. The zero-order valence-electron chi connectivity index (χ0n) is 13.6.